The molecule has 0 unspecified atom stereocenters. The smallest absolute Gasteiger partial charge is 0.325 e. The summed E-state index contributed by atoms with van der Waals surface area (Å²) in [7, 11) is -3.84. The maximum Gasteiger partial charge on any atom is 0.325 e. The lowest BCUT2D eigenvalue weighted by atomic mass is 10.1. The van der Waals surface area contributed by atoms with Gasteiger partial charge in [0, 0.05) is 6.54 Å². The number of rotatable bonds is 6. The van der Waals surface area contributed by atoms with E-state index in [1.807, 2.05) is 6.92 Å². The van der Waals surface area contributed by atoms with Gasteiger partial charge in [-0.15, -0.1) is 0 Å². The molecule has 0 aliphatic heterocycles. The standard InChI is InChI=1S/C14H22N2O4S/c1-5-20-14(17)12(8-15)16-21(18,19)13-10(3)6-9(2)7-11(13)4/h6-7,12,16H,5,8,15H2,1-4H3/t12-/m0/s1. The molecule has 1 atom stereocenters. The second-order valence-corrected chi connectivity index (χ2v) is 6.54. The minimum absolute atomic E-state index is 0.165. The summed E-state index contributed by atoms with van der Waals surface area (Å²) in [4.78, 5) is 11.9. The maximum atomic E-state index is 12.5. The Hall–Kier alpha value is -1.44. The molecule has 6 nitrogen and oxygen atoms in total. The molecular weight excluding hydrogens is 292 g/mol. The van der Waals surface area contributed by atoms with E-state index in [1.54, 1.807) is 32.9 Å². The first-order chi connectivity index (χ1) is 9.72. The topological polar surface area (TPSA) is 98.5 Å². The van der Waals surface area contributed by atoms with Gasteiger partial charge >= 0.3 is 5.97 Å². The summed E-state index contributed by atoms with van der Waals surface area (Å²) in [6.45, 7) is 6.98. The van der Waals surface area contributed by atoms with Gasteiger partial charge < -0.3 is 10.5 Å². The highest BCUT2D eigenvalue weighted by atomic mass is 32.2. The number of sulfonamides is 1. The molecule has 1 aromatic rings. The van der Waals surface area contributed by atoms with Crippen molar-refractivity contribution in [3.05, 3.63) is 28.8 Å². The second-order valence-electron chi connectivity index (χ2n) is 4.89. The van der Waals surface area contributed by atoms with Crippen LogP contribution in [0.1, 0.15) is 23.6 Å². The van der Waals surface area contributed by atoms with Crippen LogP contribution in [-0.2, 0) is 19.6 Å². The Labute approximate surface area is 125 Å². The number of hydrogen-bond acceptors (Lipinski definition) is 5. The summed E-state index contributed by atoms with van der Waals surface area (Å²) in [5.41, 5.74) is 7.69. The van der Waals surface area contributed by atoms with Crippen LogP contribution in [-0.4, -0.2) is 33.6 Å². The van der Waals surface area contributed by atoms with Crippen molar-refractivity contribution in [3.63, 3.8) is 0 Å². The molecule has 0 heterocycles. The molecule has 7 heteroatoms. The van der Waals surface area contributed by atoms with E-state index in [2.05, 4.69) is 4.72 Å². The Morgan fingerprint density at radius 2 is 1.81 bits per heavy atom. The highest BCUT2D eigenvalue weighted by Crippen LogP contribution is 2.21. The molecule has 0 aliphatic rings. The molecule has 0 aromatic heterocycles. The number of benzene rings is 1. The van der Waals surface area contributed by atoms with Crippen molar-refractivity contribution in [1.82, 2.24) is 4.72 Å². The molecule has 0 aliphatic carbocycles. The van der Waals surface area contributed by atoms with Crippen LogP contribution in [0.5, 0.6) is 0 Å². The van der Waals surface area contributed by atoms with Crippen LogP contribution in [0.15, 0.2) is 17.0 Å². The van der Waals surface area contributed by atoms with Crippen molar-refractivity contribution >= 4 is 16.0 Å². The van der Waals surface area contributed by atoms with Crippen molar-refractivity contribution in [3.8, 4) is 0 Å². The number of aryl methyl sites for hydroxylation is 3. The minimum atomic E-state index is -3.84. The van der Waals surface area contributed by atoms with Gasteiger partial charge in [0.25, 0.3) is 0 Å². The van der Waals surface area contributed by atoms with E-state index in [0.29, 0.717) is 11.1 Å². The molecule has 1 aromatic carbocycles. The van der Waals surface area contributed by atoms with Crippen LogP contribution in [0.2, 0.25) is 0 Å². The van der Waals surface area contributed by atoms with Crippen molar-refractivity contribution in [2.45, 2.75) is 38.6 Å². The van der Waals surface area contributed by atoms with Crippen LogP contribution in [0.4, 0.5) is 0 Å². The minimum Gasteiger partial charge on any atom is -0.465 e. The third-order valence-electron chi connectivity index (χ3n) is 2.98. The van der Waals surface area contributed by atoms with Gasteiger partial charge in [0.2, 0.25) is 10.0 Å². The van der Waals surface area contributed by atoms with Crippen LogP contribution >= 0.6 is 0 Å². The third-order valence-corrected chi connectivity index (χ3v) is 4.75. The Bertz CT molecular complexity index is 603. The normalized spacial score (nSPS) is 13.0. The monoisotopic (exact) mass is 314 g/mol. The zero-order valence-corrected chi connectivity index (χ0v) is 13.6. The van der Waals surface area contributed by atoms with Gasteiger partial charge in [-0.3, -0.25) is 4.79 Å². The predicted octanol–water partition coefficient (Wildman–Crippen LogP) is 0.781. The summed E-state index contributed by atoms with van der Waals surface area (Å²) >= 11 is 0. The first-order valence-electron chi connectivity index (χ1n) is 6.69. The number of esters is 1. The van der Waals surface area contributed by atoms with Gasteiger partial charge in [0.1, 0.15) is 6.04 Å². The van der Waals surface area contributed by atoms with Crippen molar-refractivity contribution in [2.75, 3.05) is 13.2 Å². The third kappa shape index (κ3) is 4.26. The van der Waals surface area contributed by atoms with Gasteiger partial charge in [-0.1, -0.05) is 17.7 Å². The van der Waals surface area contributed by atoms with Gasteiger partial charge in [-0.2, -0.15) is 4.72 Å². The lowest BCUT2D eigenvalue weighted by molar-refractivity contribution is -0.144. The summed E-state index contributed by atoms with van der Waals surface area (Å²) in [5.74, 6) is -0.675. The molecule has 1 rings (SSSR count). The van der Waals surface area contributed by atoms with E-state index >= 15 is 0 Å². The zero-order chi connectivity index (χ0) is 16.2. The number of carbonyl (C=O) groups is 1. The lowest BCUT2D eigenvalue weighted by Crippen LogP contribution is -2.46. The fraction of sp³-hybridized carbons (Fsp3) is 0.500. The molecule has 21 heavy (non-hydrogen) atoms. The van der Waals surface area contributed by atoms with Gasteiger partial charge in [0.15, 0.2) is 0 Å². The van der Waals surface area contributed by atoms with Crippen molar-refractivity contribution in [1.29, 1.82) is 0 Å². The van der Waals surface area contributed by atoms with Gasteiger partial charge in [-0.25, -0.2) is 8.42 Å². The number of hydrogen-bond donors (Lipinski definition) is 2. The van der Waals surface area contributed by atoms with E-state index in [0.717, 1.165) is 5.56 Å². The number of nitrogens with one attached hydrogen (secondary N) is 1. The maximum absolute atomic E-state index is 12.5. The van der Waals surface area contributed by atoms with E-state index < -0.39 is 22.0 Å². The van der Waals surface area contributed by atoms with Crippen molar-refractivity contribution < 1.29 is 17.9 Å². The molecule has 0 radical (unpaired) electrons. The first kappa shape index (κ1) is 17.6. The molecule has 0 bridgehead atoms. The van der Waals surface area contributed by atoms with E-state index in [1.165, 1.54) is 0 Å². The second kappa shape index (κ2) is 7.02. The molecule has 0 saturated carbocycles. The Morgan fingerprint density at radius 3 is 2.24 bits per heavy atom. The van der Waals surface area contributed by atoms with E-state index in [9.17, 15) is 13.2 Å². The van der Waals surface area contributed by atoms with Crippen LogP contribution < -0.4 is 10.5 Å². The summed E-state index contributed by atoms with van der Waals surface area (Å²) < 4.78 is 32.1. The highest BCUT2D eigenvalue weighted by Gasteiger charge is 2.27. The molecule has 0 fully saturated rings. The molecule has 0 amide bonds. The lowest BCUT2D eigenvalue weighted by Gasteiger charge is -2.18. The van der Waals surface area contributed by atoms with Crippen molar-refractivity contribution in [2.24, 2.45) is 5.73 Å². The quantitative estimate of drug-likeness (QED) is 0.756. The number of carbonyl (C=O) groups excluding carboxylic acids is 1. The summed E-state index contributed by atoms with van der Waals surface area (Å²) in [6, 6.07) is 2.47. The molecular formula is C14H22N2O4S. The summed E-state index contributed by atoms with van der Waals surface area (Å²) in [5, 5.41) is 0. The highest BCUT2D eigenvalue weighted by molar-refractivity contribution is 7.89. The Morgan fingerprint density at radius 1 is 1.29 bits per heavy atom. The van der Waals surface area contributed by atoms with Crippen LogP contribution in [0.3, 0.4) is 0 Å². The van der Waals surface area contributed by atoms with E-state index in [-0.39, 0.29) is 18.0 Å². The first-order valence-corrected chi connectivity index (χ1v) is 8.18. The average Bonchev–Trinajstić information content (AvgIpc) is 2.34. The van der Waals surface area contributed by atoms with Crippen LogP contribution in [0.25, 0.3) is 0 Å². The SMILES string of the molecule is CCOC(=O)[C@H](CN)NS(=O)(=O)c1c(C)cc(C)cc1C. The zero-order valence-electron chi connectivity index (χ0n) is 12.8. The largest absolute Gasteiger partial charge is 0.465 e. The Balaban J connectivity index is 3.15. The summed E-state index contributed by atoms with van der Waals surface area (Å²) in [6.07, 6.45) is 0. The van der Waals surface area contributed by atoms with Gasteiger partial charge in [0.05, 0.1) is 11.5 Å². The molecule has 0 spiro atoms. The molecule has 118 valence electrons. The molecule has 3 N–H and O–H groups in total. The Kier molecular flexibility index (Phi) is 5.88. The predicted molar refractivity (Wildman–Crippen MR) is 80.4 cm³/mol. The number of ether oxygens (including phenoxy) is 1. The van der Waals surface area contributed by atoms with Crippen LogP contribution in [0, 0.1) is 20.8 Å². The fourth-order valence-electron chi connectivity index (χ4n) is 2.27. The van der Waals surface area contributed by atoms with Gasteiger partial charge in [-0.05, 0) is 38.8 Å². The van der Waals surface area contributed by atoms with E-state index in [4.69, 9.17) is 10.5 Å². The number of nitrogens with two attached hydrogens (primary N) is 1. The fourth-order valence-corrected chi connectivity index (χ4v) is 3.92. The molecule has 0 saturated heterocycles. The average molecular weight is 314 g/mol.